The molecule has 0 bridgehead atoms. The number of aryl methyl sites for hydroxylation is 1. The fourth-order valence-corrected chi connectivity index (χ4v) is 1.31. The molecule has 0 aromatic carbocycles. The van der Waals surface area contributed by atoms with Crippen molar-refractivity contribution in [3.63, 3.8) is 0 Å². The summed E-state index contributed by atoms with van der Waals surface area (Å²) >= 11 is 0. The molecule has 0 aliphatic heterocycles. The van der Waals surface area contributed by atoms with Crippen molar-refractivity contribution in [2.24, 2.45) is 12.8 Å². The van der Waals surface area contributed by atoms with Crippen LogP contribution in [-0.4, -0.2) is 28.9 Å². The third-order valence-electron chi connectivity index (χ3n) is 2.15. The number of aromatic nitrogens is 1. The molecule has 1 rings (SSSR count). The van der Waals surface area contributed by atoms with Crippen molar-refractivity contribution in [1.82, 2.24) is 9.99 Å². The van der Waals surface area contributed by atoms with Gasteiger partial charge in [0.2, 0.25) is 0 Å². The molecule has 0 fully saturated rings. The molecule has 1 aromatic rings. The molecule has 7 heteroatoms. The number of hydrogen-bond donors (Lipinski definition) is 3. The van der Waals surface area contributed by atoms with Crippen LogP contribution in [0.2, 0.25) is 0 Å². The fourth-order valence-electron chi connectivity index (χ4n) is 1.31. The van der Waals surface area contributed by atoms with E-state index in [2.05, 4.69) is 10.5 Å². The van der Waals surface area contributed by atoms with Gasteiger partial charge in [-0.25, -0.2) is 0 Å². The number of esters is 1. The topological polar surface area (TPSA) is 100 Å². The molecule has 0 unspecified atom stereocenters. The molecule has 0 saturated carbocycles. The molecular formula is C11H17N4O3+. The summed E-state index contributed by atoms with van der Waals surface area (Å²) in [6, 6.07) is 3.42. The Morgan fingerprint density at radius 2 is 2.28 bits per heavy atom. The Morgan fingerprint density at radius 1 is 1.56 bits per heavy atom. The summed E-state index contributed by atoms with van der Waals surface area (Å²) in [5, 5.41) is 2.47. The van der Waals surface area contributed by atoms with Crippen molar-refractivity contribution >= 4 is 17.7 Å². The van der Waals surface area contributed by atoms with Gasteiger partial charge in [-0.1, -0.05) is 0 Å². The Balaban J connectivity index is 2.51. The number of carbonyl (C=O) groups is 2. The molecule has 18 heavy (non-hydrogen) atoms. The molecule has 0 aliphatic carbocycles. The molecule has 7 nitrogen and oxygen atoms in total. The summed E-state index contributed by atoms with van der Waals surface area (Å²) in [4.78, 5) is 22.8. The molecule has 0 saturated heterocycles. The number of hydrazone groups is 1. The van der Waals surface area contributed by atoms with E-state index in [9.17, 15) is 9.59 Å². The lowest BCUT2D eigenvalue weighted by Gasteiger charge is -2.01. The lowest BCUT2D eigenvalue weighted by molar-refractivity contribution is -0.510. The molecule has 1 heterocycles. The van der Waals surface area contributed by atoms with Gasteiger partial charge in [0.15, 0.2) is 0 Å². The van der Waals surface area contributed by atoms with Crippen LogP contribution in [0.3, 0.4) is 0 Å². The minimum atomic E-state index is -0.449. The lowest BCUT2D eigenvalue weighted by Crippen LogP contribution is -2.86. The smallest absolute Gasteiger partial charge is 0.318 e. The van der Waals surface area contributed by atoms with Crippen LogP contribution < -0.4 is 16.3 Å². The van der Waals surface area contributed by atoms with Gasteiger partial charge in [0.25, 0.3) is 5.84 Å². The van der Waals surface area contributed by atoms with Gasteiger partial charge >= 0.3 is 11.9 Å². The highest BCUT2D eigenvalue weighted by atomic mass is 16.5. The number of ether oxygens (including phenoxy) is 1. The zero-order valence-electron chi connectivity index (χ0n) is 10.4. The van der Waals surface area contributed by atoms with E-state index in [0.717, 1.165) is 0 Å². The first-order valence-electron chi connectivity index (χ1n) is 5.49. The van der Waals surface area contributed by atoms with Crippen LogP contribution in [0.25, 0.3) is 0 Å². The van der Waals surface area contributed by atoms with Crippen molar-refractivity contribution in [3.8, 4) is 0 Å². The standard InChI is InChI=1S/C11H16N4O3/c1-3-18-10(16)7-9(12)13-14-11(17)8-5-4-6-15(8)2/h4-6H,3,7H2,1-2H3,(H2,12,13)(H,14,17)/p+1. The number of hydrazine groups is 1. The van der Waals surface area contributed by atoms with Gasteiger partial charge in [0.1, 0.15) is 12.1 Å². The van der Waals surface area contributed by atoms with E-state index in [-0.39, 0.29) is 18.2 Å². The van der Waals surface area contributed by atoms with E-state index in [0.29, 0.717) is 12.3 Å². The van der Waals surface area contributed by atoms with Crippen molar-refractivity contribution in [3.05, 3.63) is 24.0 Å². The van der Waals surface area contributed by atoms with Crippen molar-refractivity contribution in [2.75, 3.05) is 6.61 Å². The second-order valence-electron chi connectivity index (χ2n) is 3.59. The van der Waals surface area contributed by atoms with Crippen LogP contribution in [0.15, 0.2) is 18.3 Å². The van der Waals surface area contributed by atoms with Crippen LogP contribution in [0, 0.1) is 0 Å². The monoisotopic (exact) mass is 253 g/mol. The van der Waals surface area contributed by atoms with Gasteiger partial charge in [0.05, 0.1) is 6.61 Å². The number of carbonyl (C=O) groups excluding carboxylic acids is 2. The first-order chi connectivity index (χ1) is 8.54. The van der Waals surface area contributed by atoms with Crippen LogP contribution in [0.4, 0.5) is 0 Å². The van der Waals surface area contributed by atoms with Crippen LogP contribution >= 0.6 is 0 Å². The highest BCUT2D eigenvalue weighted by Gasteiger charge is 2.12. The van der Waals surface area contributed by atoms with Crippen LogP contribution in [-0.2, 0) is 16.6 Å². The third-order valence-corrected chi connectivity index (χ3v) is 2.15. The molecule has 0 radical (unpaired) electrons. The van der Waals surface area contributed by atoms with Gasteiger partial charge in [-0.2, -0.15) is 10.5 Å². The quantitative estimate of drug-likeness (QED) is 0.246. The number of nitrogens with one attached hydrogen (secondary N) is 2. The van der Waals surface area contributed by atoms with Gasteiger partial charge in [0, 0.05) is 13.2 Å². The molecule has 4 N–H and O–H groups in total. The van der Waals surface area contributed by atoms with Gasteiger partial charge in [-0.15, -0.1) is 0 Å². The average molecular weight is 253 g/mol. The summed E-state index contributed by atoms with van der Waals surface area (Å²) in [7, 11) is 1.75. The predicted molar refractivity (Wildman–Crippen MR) is 64.3 cm³/mol. The largest absolute Gasteiger partial charge is 0.466 e. The number of nitrogens with two attached hydrogens (primary N) is 1. The van der Waals surface area contributed by atoms with Gasteiger partial charge < -0.3 is 9.30 Å². The van der Waals surface area contributed by atoms with Gasteiger partial charge in [-0.3, -0.25) is 15.3 Å². The van der Waals surface area contributed by atoms with Crippen molar-refractivity contribution < 1.29 is 19.4 Å². The molecule has 1 aromatic heterocycles. The molecule has 1 amide bonds. The van der Waals surface area contributed by atoms with Crippen molar-refractivity contribution in [2.45, 2.75) is 13.3 Å². The van der Waals surface area contributed by atoms with E-state index in [1.807, 2.05) is 0 Å². The predicted octanol–water partition coefficient (Wildman–Crippen LogP) is -1.94. The summed E-state index contributed by atoms with van der Waals surface area (Å²) in [6.45, 7) is 2.00. The zero-order chi connectivity index (χ0) is 13.5. The van der Waals surface area contributed by atoms with E-state index in [1.54, 1.807) is 36.9 Å². The second-order valence-corrected chi connectivity index (χ2v) is 3.59. The molecule has 0 spiro atoms. The van der Waals surface area contributed by atoms with E-state index in [4.69, 9.17) is 10.5 Å². The first kappa shape index (κ1) is 13.8. The van der Waals surface area contributed by atoms with Crippen molar-refractivity contribution in [1.29, 1.82) is 0 Å². The number of nitrogens with zero attached hydrogens (tertiary/aromatic N) is 1. The maximum absolute atomic E-state index is 11.7. The Morgan fingerprint density at radius 3 is 2.83 bits per heavy atom. The molecule has 0 aliphatic rings. The summed E-state index contributed by atoms with van der Waals surface area (Å²) in [5.74, 6) is -0.666. The SMILES string of the molecule is CCOC(=O)CC(N)=[NH+]NC(=O)c1cccn1C. The highest BCUT2D eigenvalue weighted by Crippen LogP contribution is 1.97. The summed E-state index contributed by atoms with van der Waals surface area (Å²) < 4.78 is 6.38. The number of hydrogen-bond acceptors (Lipinski definition) is 3. The number of amidine groups is 1. The summed E-state index contributed by atoms with van der Waals surface area (Å²) in [6.07, 6.45) is 1.65. The van der Waals surface area contributed by atoms with Crippen LogP contribution in [0.1, 0.15) is 23.8 Å². The number of amides is 1. The maximum atomic E-state index is 11.7. The fraction of sp³-hybridized carbons (Fsp3) is 0.364. The van der Waals surface area contributed by atoms with Gasteiger partial charge in [-0.05, 0) is 19.1 Å². The molecular weight excluding hydrogens is 236 g/mol. The Bertz CT molecular complexity index is 465. The van der Waals surface area contributed by atoms with E-state index >= 15 is 0 Å². The van der Waals surface area contributed by atoms with E-state index in [1.165, 1.54) is 0 Å². The first-order valence-corrected chi connectivity index (χ1v) is 5.49. The van der Waals surface area contributed by atoms with E-state index < -0.39 is 5.97 Å². The molecule has 0 atom stereocenters. The third kappa shape index (κ3) is 3.93. The zero-order valence-corrected chi connectivity index (χ0v) is 10.4. The maximum Gasteiger partial charge on any atom is 0.318 e. The lowest BCUT2D eigenvalue weighted by atomic mass is 10.4. The Labute approximate surface area is 105 Å². The Kier molecular flexibility index (Phi) is 4.91. The Hall–Kier alpha value is -2.31. The minimum Gasteiger partial charge on any atom is -0.466 e. The summed E-state index contributed by atoms with van der Waals surface area (Å²) in [5.41, 5.74) is 8.40. The highest BCUT2D eigenvalue weighted by molar-refractivity contribution is 5.94. The molecule has 98 valence electrons. The minimum absolute atomic E-state index is 0.0960. The number of rotatable bonds is 5. The normalized spacial score (nSPS) is 11.1. The second kappa shape index (κ2) is 6.43. The van der Waals surface area contributed by atoms with Crippen LogP contribution in [0.5, 0.6) is 0 Å². The average Bonchev–Trinajstić information content (AvgIpc) is 2.72.